The van der Waals surface area contributed by atoms with Gasteiger partial charge in [-0.2, -0.15) is 0 Å². The number of benzene rings is 2. The van der Waals surface area contributed by atoms with Gasteiger partial charge in [-0.3, -0.25) is 14.6 Å². The predicted octanol–water partition coefficient (Wildman–Crippen LogP) is 3.24. The van der Waals surface area contributed by atoms with E-state index in [0.29, 0.717) is 30.9 Å². The first kappa shape index (κ1) is 20.1. The van der Waals surface area contributed by atoms with Gasteiger partial charge in [0.25, 0.3) is 11.8 Å². The number of nitrogens with one attached hydrogen (secondary N) is 3. The lowest BCUT2D eigenvalue weighted by molar-refractivity contribution is 0.0940. The first-order valence-corrected chi connectivity index (χ1v) is 9.57. The Kier molecular flexibility index (Phi) is 7.34. The number of amides is 2. The Morgan fingerprint density at radius 1 is 0.793 bits per heavy atom. The lowest BCUT2D eigenvalue weighted by Gasteiger charge is -2.09. The molecule has 3 aromatic rings. The minimum absolute atomic E-state index is 0.0770. The van der Waals surface area contributed by atoms with Crippen molar-refractivity contribution in [1.82, 2.24) is 15.6 Å². The van der Waals surface area contributed by atoms with E-state index >= 15 is 0 Å². The average Bonchev–Trinajstić information content (AvgIpc) is 2.78. The minimum Gasteiger partial charge on any atom is -0.385 e. The zero-order valence-electron chi connectivity index (χ0n) is 16.1. The van der Waals surface area contributed by atoms with Crippen LogP contribution >= 0.6 is 0 Å². The Bertz CT molecular complexity index is 930. The van der Waals surface area contributed by atoms with Gasteiger partial charge in [-0.1, -0.05) is 48.5 Å². The smallest absolute Gasteiger partial charge is 0.270 e. The van der Waals surface area contributed by atoms with Crippen molar-refractivity contribution < 1.29 is 9.59 Å². The van der Waals surface area contributed by atoms with Crippen molar-refractivity contribution in [2.75, 3.05) is 18.4 Å². The van der Waals surface area contributed by atoms with E-state index < -0.39 is 0 Å². The second-order valence-electron chi connectivity index (χ2n) is 6.50. The summed E-state index contributed by atoms with van der Waals surface area (Å²) in [5, 5.41) is 9.02. The van der Waals surface area contributed by atoms with Crippen LogP contribution < -0.4 is 16.0 Å². The fraction of sp³-hybridized carbons (Fsp3) is 0.174. The SMILES string of the molecule is O=C(NCCCNc1ccnc(C(=O)NCc2ccccc2)c1)c1ccccc1. The van der Waals surface area contributed by atoms with Crippen molar-refractivity contribution >= 4 is 17.5 Å². The van der Waals surface area contributed by atoms with E-state index in [-0.39, 0.29) is 11.8 Å². The first-order chi connectivity index (χ1) is 14.2. The lowest BCUT2D eigenvalue weighted by Crippen LogP contribution is -2.26. The fourth-order valence-electron chi connectivity index (χ4n) is 2.75. The number of pyridine rings is 1. The van der Waals surface area contributed by atoms with Gasteiger partial charge in [0, 0.05) is 37.1 Å². The number of nitrogens with zero attached hydrogens (tertiary/aromatic N) is 1. The second-order valence-corrected chi connectivity index (χ2v) is 6.50. The molecule has 0 radical (unpaired) electrons. The maximum atomic E-state index is 12.3. The van der Waals surface area contributed by atoms with E-state index in [0.717, 1.165) is 17.7 Å². The number of hydrogen-bond donors (Lipinski definition) is 3. The average molecular weight is 388 g/mol. The Morgan fingerprint density at radius 2 is 1.52 bits per heavy atom. The molecule has 2 amide bonds. The topological polar surface area (TPSA) is 83.1 Å². The molecular formula is C23H24N4O2. The van der Waals surface area contributed by atoms with Gasteiger partial charge in [-0.05, 0) is 36.2 Å². The van der Waals surface area contributed by atoms with Crippen LogP contribution in [-0.2, 0) is 6.54 Å². The Hall–Kier alpha value is -3.67. The zero-order valence-corrected chi connectivity index (χ0v) is 16.1. The van der Waals surface area contributed by atoms with E-state index in [1.54, 1.807) is 24.4 Å². The molecule has 0 unspecified atom stereocenters. The molecule has 0 saturated heterocycles. The van der Waals surface area contributed by atoms with E-state index in [1.807, 2.05) is 54.6 Å². The summed E-state index contributed by atoms with van der Waals surface area (Å²) in [6.07, 6.45) is 2.37. The number of hydrogen-bond acceptors (Lipinski definition) is 4. The predicted molar refractivity (Wildman–Crippen MR) is 114 cm³/mol. The van der Waals surface area contributed by atoms with Gasteiger partial charge >= 0.3 is 0 Å². The summed E-state index contributed by atoms with van der Waals surface area (Å²) in [5.74, 6) is -0.292. The van der Waals surface area contributed by atoms with Crippen LogP contribution in [0.4, 0.5) is 5.69 Å². The van der Waals surface area contributed by atoms with Crippen LogP contribution in [0.2, 0.25) is 0 Å². The van der Waals surface area contributed by atoms with Crippen LogP contribution in [0.1, 0.15) is 32.8 Å². The second kappa shape index (κ2) is 10.6. The third-order valence-electron chi connectivity index (χ3n) is 4.29. The molecule has 0 spiro atoms. The van der Waals surface area contributed by atoms with Crippen molar-refractivity contribution in [3.8, 4) is 0 Å². The summed E-state index contributed by atoms with van der Waals surface area (Å²) in [5.41, 5.74) is 2.87. The Balaban J connectivity index is 1.40. The summed E-state index contributed by atoms with van der Waals surface area (Å²) in [4.78, 5) is 28.4. The van der Waals surface area contributed by atoms with Crippen molar-refractivity contribution in [1.29, 1.82) is 0 Å². The molecule has 0 atom stereocenters. The number of anilines is 1. The maximum Gasteiger partial charge on any atom is 0.270 e. The van der Waals surface area contributed by atoms with Gasteiger partial charge in [0.15, 0.2) is 0 Å². The Morgan fingerprint density at radius 3 is 2.28 bits per heavy atom. The molecule has 0 saturated carbocycles. The van der Waals surface area contributed by atoms with Gasteiger partial charge in [0.1, 0.15) is 5.69 Å². The summed E-state index contributed by atoms with van der Waals surface area (Å²) in [6.45, 7) is 1.69. The first-order valence-electron chi connectivity index (χ1n) is 9.57. The highest BCUT2D eigenvalue weighted by molar-refractivity contribution is 5.94. The third-order valence-corrected chi connectivity index (χ3v) is 4.29. The van der Waals surface area contributed by atoms with Gasteiger partial charge in [0.2, 0.25) is 0 Å². The normalized spacial score (nSPS) is 10.2. The molecule has 29 heavy (non-hydrogen) atoms. The van der Waals surface area contributed by atoms with E-state index in [9.17, 15) is 9.59 Å². The summed E-state index contributed by atoms with van der Waals surface area (Å²) in [7, 11) is 0. The summed E-state index contributed by atoms with van der Waals surface area (Å²) in [6, 6.07) is 22.4. The largest absolute Gasteiger partial charge is 0.385 e. The summed E-state index contributed by atoms with van der Waals surface area (Å²) >= 11 is 0. The van der Waals surface area contributed by atoms with Crippen LogP contribution in [0.5, 0.6) is 0 Å². The van der Waals surface area contributed by atoms with E-state index in [2.05, 4.69) is 20.9 Å². The standard InChI is InChI=1S/C23H24N4O2/c28-22(19-10-5-2-6-11-19)26-14-7-13-24-20-12-15-25-21(16-20)23(29)27-17-18-8-3-1-4-9-18/h1-6,8-12,15-16H,7,13-14,17H2,(H,24,25)(H,26,28)(H,27,29). The van der Waals surface area contributed by atoms with Crippen molar-refractivity contribution in [2.24, 2.45) is 0 Å². The van der Waals surface area contributed by atoms with Crippen LogP contribution in [0, 0.1) is 0 Å². The number of carbonyl (C=O) groups excluding carboxylic acids is 2. The molecule has 2 aromatic carbocycles. The highest BCUT2D eigenvalue weighted by Crippen LogP contribution is 2.08. The molecule has 3 N–H and O–H groups in total. The molecule has 0 fully saturated rings. The highest BCUT2D eigenvalue weighted by atomic mass is 16.2. The molecule has 0 aliphatic rings. The number of aromatic nitrogens is 1. The molecule has 1 heterocycles. The molecule has 148 valence electrons. The molecule has 0 aliphatic heterocycles. The summed E-state index contributed by atoms with van der Waals surface area (Å²) < 4.78 is 0. The van der Waals surface area contributed by atoms with Crippen molar-refractivity contribution in [3.05, 3.63) is 95.8 Å². The monoisotopic (exact) mass is 388 g/mol. The quantitative estimate of drug-likeness (QED) is 0.492. The number of rotatable bonds is 9. The minimum atomic E-state index is -0.215. The van der Waals surface area contributed by atoms with Gasteiger partial charge in [-0.15, -0.1) is 0 Å². The van der Waals surface area contributed by atoms with Crippen molar-refractivity contribution in [2.45, 2.75) is 13.0 Å². The van der Waals surface area contributed by atoms with Gasteiger partial charge in [-0.25, -0.2) is 0 Å². The zero-order chi connectivity index (χ0) is 20.3. The third kappa shape index (κ3) is 6.46. The molecule has 0 bridgehead atoms. The molecular weight excluding hydrogens is 364 g/mol. The lowest BCUT2D eigenvalue weighted by atomic mass is 10.2. The molecule has 6 heteroatoms. The molecule has 6 nitrogen and oxygen atoms in total. The van der Waals surface area contributed by atoms with Gasteiger partial charge < -0.3 is 16.0 Å². The highest BCUT2D eigenvalue weighted by Gasteiger charge is 2.08. The maximum absolute atomic E-state index is 12.3. The van der Waals surface area contributed by atoms with Gasteiger partial charge in [0.05, 0.1) is 0 Å². The molecule has 0 aliphatic carbocycles. The van der Waals surface area contributed by atoms with Crippen LogP contribution in [0.25, 0.3) is 0 Å². The van der Waals surface area contributed by atoms with Crippen LogP contribution in [0.3, 0.4) is 0 Å². The molecule has 3 rings (SSSR count). The Labute approximate surface area is 170 Å². The van der Waals surface area contributed by atoms with Crippen LogP contribution in [0.15, 0.2) is 79.0 Å². The van der Waals surface area contributed by atoms with Crippen LogP contribution in [-0.4, -0.2) is 29.9 Å². The fourth-order valence-corrected chi connectivity index (χ4v) is 2.75. The number of carbonyl (C=O) groups is 2. The molecule has 1 aromatic heterocycles. The van der Waals surface area contributed by atoms with Crippen molar-refractivity contribution in [3.63, 3.8) is 0 Å². The van der Waals surface area contributed by atoms with E-state index in [1.165, 1.54) is 0 Å². The van der Waals surface area contributed by atoms with E-state index in [4.69, 9.17) is 0 Å².